The Morgan fingerprint density at radius 2 is 0.462 bits per heavy atom. The lowest BCUT2D eigenvalue weighted by atomic mass is 10.1. The first kappa shape index (κ1) is 71.0. The maximum absolute atomic E-state index is 4.98. The predicted octanol–water partition coefficient (Wildman–Crippen LogP) is 26.7. The number of hydrogen-bond donors (Lipinski definition) is 0. The van der Waals surface area contributed by atoms with Gasteiger partial charge in [-0.3, -0.25) is 26.9 Å². The molecule has 0 aliphatic rings. The molecule has 0 amide bonds. The van der Waals surface area contributed by atoms with Crippen molar-refractivity contribution >= 4 is 127 Å². The smallest absolute Gasteiger partial charge is 0.220 e. The summed E-state index contributed by atoms with van der Waals surface area (Å²) in [7, 11) is 0. The molecule has 0 atom stereocenters. The van der Waals surface area contributed by atoms with E-state index in [2.05, 4.69) is 442 Å². The van der Waals surface area contributed by atoms with E-state index in [1.807, 2.05) is 18.2 Å². The third-order valence-electron chi connectivity index (χ3n) is 22.6. The van der Waals surface area contributed by atoms with Crippen LogP contribution in [0.25, 0.3) is 167 Å². The third-order valence-corrected chi connectivity index (χ3v) is 22.6. The van der Waals surface area contributed by atoms with Gasteiger partial charge in [-0.15, -0.1) is 0 Å². The molecular formula is C106H83N11. The fourth-order valence-electron chi connectivity index (χ4n) is 17.0. The zero-order chi connectivity index (χ0) is 78.9. The summed E-state index contributed by atoms with van der Waals surface area (Å²) >= 11 is 0. The van der Waals surface area contributed by atoms with Crippen LogP contribution >= 0.6 is 0 Å². The fraction of sp³-hybridized carbons (Fsp3) is 0.0660. The molecule has 0 spiro atoms. The lowest BCUT2D eigenvalue weighted by Crippen LogP contribution is -1.95. The molecule has 0 N–H and O–H groups in total. The third kappa shape index (κ3) is 12.7. The molecule has 0 aliphatic carbocycles. The van der Waals surface area contributed by atoms with E-state index in [0.29, 0.717) is 0 Å². The topological polar surface area (TPSA) is 76.5 Å². The summed E-state index contributed by atoms with van der Waals surface area (Å²) in [6, 6.07) is 133. The molecule has 0 bridgehead atoms. The first-order valence-corrected chi connectivity index (χ1v) is 40.0. The predicted molar refractivity (Wildman–Crippen MR) is 489 cm³/mol. The molecule has 24 aromatic rings. The van der Waals surface area contributed by atoms with Crippen molar-refractivity contribution in [2.24, 2.45) is 0 Å². The van der Waals surface area contributed by atoms with Gasteiger partial charge >= 0.3 is 0 Å². The Hall–Kier alpha value is -15.1. The van der Waals surface area contributed by atoms with Gasteiger partial charge in [0, 0.05) is 50.0 Å². The van der Waals surface area contributed by atoms with Crippen molar-refractivity contribution in [1.82, 2.24) is 51.0 Å². The quantitative estimate of drug-likeness (QED) is 0.166. The van der Waals surface area contributed by atoms with Gasteiger partial charge in [0.25, 0.3) is 0 Å². The van der Waals surface area contributed by atoms with Gasteiger partial charge < -0.3 is 9.13 Å². The minimum absolute atomic E-state index is 0.940. The van der Waals surface area contributed by atoms with E-state index in [1.165, 1.54) is 127 Å². The number of imidazole rings is 6. The summed E-state index contributed by atoms with van der Waals surface area (Å²) in [6.07, 6.45) is 0. The lowest BCUT2D eigenvalue weighted by molar-refractivity contribution is 1.10. The monoisotopic (exact) mass is 1510 g/mol. The fourth-order valence-corrected chi connectivity index (χ4v) is 17.0. The van der Waals surface area contributed by atoms with E-state index in [9.17, 15) is 0 Å². The van der Waals surface area contributed by atoms with Crippen molar-refractivity contribution < 1.29 is 0 Å². The summed E-state index contributed by atoms with van der Waals surface area (Å²) in [4.78, 5) is 14.7. The van der Waals surface area contributed by atoms with Crippen molar-refractivity contribution in [3.05, 3.63) is 415 Å². The maximum Gasteiger partial charge on any atom is 0.220 e. The number of nitrogens with zero attached hydrogens (tertiary/aromatic N) is 11. The molecule has 0 aliphatic heterocycles. The van der Waals surface area contributed by atoms with Gasteiger partial charge in [-0.25, -0.2) is 15.0 Å². The molecule has 11 nitrogen and oxygen atoms in total. The molecular weight excluding hydrogens is 1430 g/mol. The van der Waals surface area contributed by atoms with Crippen LogP contribution < -0.4 is 0 Å². The number of aryl methyl sites for hydroxylation is 7. The summed E-state index contributed by atoms with van der Waals surface area (Å²) in [6.45, 7) is 14.9. The van der Waals surface area contributed by atoms with Gasteiger partial charge in [-0.2, -0.15) is 0 Å². The second-order valence-corrected chi connectivity index (χ2v) is 30.7. The van der Waals surface area contributed by atoms with E-state index in [1.54, 1.807) is 0 Å². The normalized spacial score (nSPS) is 11.5. The highest BCUT2D eigenvalue weighted by atomic mass is 15.2. The highest BCUT2D eigenvalue weighted by Crippen LogP contribution is 2.38. The van der Waals surface area contributed by atoms with Gasteiger partial charge in [0.15, 0.2) is 0 Å². The van der Waals surface area contributed by atoms with Crippen molar-refractivity contribution in [1.29, 1.82) is 0 Å². The Balaban J connectivity index is 0.0000000946. The van der Waals surface area contributed by atoms with E-state index in [4.69, 9.17) is 15.0 Å². The van der Waals surface area contributed by atoms with Gasteiger partial charge in [0.1, 0.15) is 0 Å². The van der Waals surface area contributed by atoms with Crippen LogP contribution in [0.3, 0.4) is 0 Å². The van der Waals surface area contributed by atoms with Crippen LogP contribution in [0.15, 0.2) is 376 Å². The Morgan fingerprint density at radius 3 is 0.889 bits per heavy atom. The minimum Gasteiger partial charge on any atom is -0.309 e. The van der Waals surface area contributed by atoms with Crippen LogP contribution in [0, 0.1) is 48.5 Å². The lowest BCUT2D eigenvalue weighted by Gasteiger charge is -2.08. The second-order valence-electron chi connectivity index (χ2n) is 30.7. The number of para-hydroxylation sites is 12. The summed E-state index contributed by atoms with van der Waals surface area (Å²) in [5.41, 5.74) is 35.8. The SMILES string of the molecule is Cc1ccc(-n2c3ccc(-c4ccccc4)cc3n3c4ccccc4nc23)cc1.Cc1ccc(-n2c3ccccc3c3cc(C)ccc32)cc1.Cc1ccc(-n2c3ccccc3n3c4ccccc4nc23)cc1.Cc1cccc(-n2c3ccccc3c3cc(C)ccc32)c1.Cc1cccc(-n2c3ccccc3n3c4ccccc4nc23)c1. The molecule has 0 radical (unpaired) electrons. The number of benzene rings is 16. The van der Waals surface area contributed by atoms with Crippen molar-refractivity contribution in [3.63, 3.8) is 0 Å². The first-order chi connectivity index (χ1) is 57.4. The number of aromatic nitrogens is 11. The van der Waals surface area contributed by atoms with Crippen molar-refractivity contribution in [2.45, 2.75) is 48.5 Å². The number of rotatable bonds is 6. The molecule has 0 fully saturated rings. The molecule has 562 valence electrons. The summed E-state index contributed by atoms with van der Waals surface area (Å²) in [5.74, 6) is 2.85. The summed E-state index contributed by atoms with van der Waals surface area (Å²) < 4.78 is 18.2. The highest BCUT2D eigenvalue weighted by Gasteiger charge is 2.22. The molecule has 0 unspecified atom stereocenters. The number of fused-ring (bicyclic) bond motifs is 21. The van der Waals surface area contributed by atoms with Gasteiger partial charge in [0.05, 0.1) is 88.3 Å². The van der Waals surface area contributed by atoms with Crippen molar-refractivity contribution in [2.75, 3.05) is 0 Å². The molecule has 11 heteroatoms. The Kier molecular flexibility index (Phi) is 17.9. The van der Waals surface area contributed by atoms with Crippen LogP contribution in [-0.4, -0.2) is 51.0 Å². The van der Waals surface area contributed by atoms with Crippen LogP contribution in [0.4, 0.5) is 0 Å². The zero-order valence-corrected chi connectivity index (χ0v) is 66.2. The minimum atomic E-state index is 0.940. The van der Waals surface area contributed by atoms with Gasteiger partial charge in [-0.1, -0.05) is 234 Å². The van der Waals surface area contributed by atoms with E-state index in [0.717, 1.165) is 78.5 Å². The van der Waals surface area contributed by atoms with Crippen molar-refractivity contribution in [3.8, 4) is 39.6 Å². The Bertz CT molecular complexity index is 7890. The van der Waals surface area contributed by atoms with Crippen LogP contribution in [0.1, 0.15) is 38.9 Å². The molecule has 16 aromatic carbocycles. The molecule has 0 saturated heterocycles. The van der Waals surface area contributed by atoms with Crippen LogP contribution in [0.2, 0.25) is 0 Å². The Labute approximate surface area is 677 Å². The van der Waals surface area contributed by atoms with Crippen LogP contribution in [-0.2, 0) is 0 Å². The van der Waals surface area contributed by atoms with Crippen LogP contribution in [0.5, 0.6) is 0 Å². The molecule has 8 aromatic heterocycles. The Morgan fingerprint density at radius 1 is 0.162 bits per heavy atom. The molecule has 0 saturated carbocycles. The van der Waals surface area contributed by atoms with Gasteiger partial charge in [-0.05, 0) is 241 Å². The highest BCUT2D eigenvalue weighted by molar-refractivity contribution is 6.11. The molecule has 8 heterocycles. The van der Waals surface area contributed by atoms with E-state index >= 15 is 0 Å². The summed E-state index contributed by atoms with van der Waals surface area (Å²) in [5, 5.41) is 5.28. The maximum atomic E-state index is 4.98. The second kappa shape index (κ2) is 29.5. The van der Waals surface area contributed by atoms with Gasteiger partial charge in [0.2, 0.25) is 17.3 Å². The zero-order valence-electron chi connectivity index (χ0n) is 66.2. The largest absolute Gasteiger partial charge is 0.309 e. The standard InChI is InChI=1S/C26H19N3.2C20H15N3.2C20H17N/c1-18-11-14-21(15-12-18)28-24-16-13-20(19-7-3-2-4-8-19)17-25(24)29-23-10-6-5-9-22(23)27-26(28)29;1-14-7-6-8-15(13-14)22-18-11-4-5-12-19(18)23-17-10-3-2-9-16(17)21-20(22)23;1-14-10-12-15(13-11-14)22-18-8-4-5-9-19(18)23-17-7-3-2-6-16(17)21-20(22)23;1-14-6-5-7-16(12-14)21-19-9-4-3-8-17(19)18-13-15(2)10-11-20(18)21;1-14-7-10-16(11-8-14)21-19-6-4-3-5-17(19)18-13-15(2)9-12-20(18)21/h2-17H,1H3;2*2-13H,1H3;2*3-13H,1-2H3. The average Bonchev–Trinajstić information content (AvgIpc) is 1.57. The number of hydrogen-bond acceptors (Lipinski definition) is 3. The molecule has 117 heavy (non-hydrogen) atoms. The average molecular weight is 1510 g/mol. The van der Waals surface area contributed by atoms with E-state index in [-0.39, 0.29) is 0 Å². The molecule has 24 rings (SSSR count). The van der Waals surface area contributed by atoms with E-state index < -0.39 is 0 Å². The first-order valence-electron chi connectivity index (χ1n) is 40.0.